The van der Waals surface area contributed by atoms with E-state index >= 15 is 0 Å². The quantitative estimate of drug-likeness (QED) is 0.850. The lowest BCUT2D eigenvalue weighted by Gasteiger charge is -2.33. The number of fused-ring (bicyclic) bond motifs is 1. The van der Waals surface area contributed by atoms with Gasteiger partial charge in [0.05, 0.1) is 5.92 Å². The highest BCUT2D eigenvalue weighted by molar-refractivity contribution is 7.90. The van der Waals surface area contributed by atoms with Crippen molar-refractivity contribution >= 4 is 21.8 Å². The first kappa shape index (κ1) is 17.7. The molecular formula is C15H16F3N3O3S. The Morgan fingerprint density at radius 2 is 2.04 bits per heavy atom. The summed E-state index contributed by atoms with van der Waals surface area (Å²) in [6.45, 7) is -0.751. The van der Waals surface area contributed by atoms with Gasteiger partial charge < -0.3 is 10.2 Å². The summed E-state index contributed by atoms with van der Waals surface area (Å²) in [5, 5.41) is 1.89. The van der Waals surface area contributed by atoms with E-state index in [9.17, 15) is 26.4 Å². The van der Waals surface area contributed by atoms with Crippen LogP contribution in [0.25, 0.3) is 0 Å². The highest BCUT2D eigenvalue weighted by Gasteiger charge is 2.36. The smallest absolute Gasteiger partial charge is 0.355 e. The van der Waals surface area contributed by atoms with Gasteiger partial charge >= 0.3 is 6.18 Å². The maximum Gasteiger partial charge on any atom is 0.405 e. The number of amides is 1. The van der Waals surface area contributed by atoms with Gasteiger partial charge in [-0.15, -0.1) is 4.40 Å². The molecule has 1 atom stereocenters. The predicted molar refractivity (Wildman–Crippen MR) is 83.5 cm³/mol. The average Bonchev–Trinajstić information content (AvgIpc) is 2.84. The van der Waals surface area contributed by atoms with Crippen LogP contribution in [0, 0.1) is 5.92 Å². The molecule has 6 nitrogen and oxygen atoms in total. The normalized spacial score (nSPS) is 22.3. The number of nitrogens with one attached hydrogen (secondary N) is 1. The van der Waals surface area contributed by atoms with Crippen LogP contribution in [-0.4, -0.2) is 50.9 Å². The third-order valence-electron chi connectivity index (χ3n) is 4.17. The molecule has 0 aliphatic carbocycles. The minimum absolute atomic E-state index is 0.105. The predicted octanol–water partition coefficient (Wildman–Crippen LogP) is 1.53. The Morgan fingerprint density at radius 1 is 1.32 bits per heavy atom. The van der Waals surface area contributed by atoms with Crippen LogP contribution in [-0.2, 0) is 14.8 Å². The van der Waals surface area contributed by atoms with E-state index in [0.29, 0.717) is 24.9 Å². The molecule has 2 aliphatic heterocycles. The molecule has 1 aromatic rings. The summed E-state index contributed by atoms with van der Waals surface area (Å²) in [4.78, 5) is 13.7. The van der Waals surface area contributed by atoms with Crippen molar-refractivity contribution in [2.75, 3.05) is 19.6 Å². The zero-order chi connectivity index (χ0) is 18.2. The molecule has 3 rings (SSSR count). The highest BCUT2D eigenvalue weighted by Crippen LogP contribution is 2.29. The van der Waals surface area contributed by atoms with Crippen LogP contribution in [0.15, 0.2) is 33.6 Å². The zero-order valence-corrected chi connectivity index (χ0v) is 13.9. The van der Waals surface area contributed by atoms with E-state index in [0.717, 1.165) is 0 Å². The molecule has 0 radical (unpaired) electrons. The number of carbonyl (C=O) groups is 1. The van der Waals surface area contributed by atoms with E-state index in [1.165, 1.54) is 6.07 Å². The molecule has 1 fully saturated rings. The Kier molecular flexibility index (Phi) is 4.48. The Morgan fingerprint density at radius 3 is 2.76 bits per heavy atom. The molecule has 1 saturated heterocycles. The minimum atomic E-state index is -4.47. The lowest BCUT2D eigenvalue weighted by atomic mass is 9.96. The van der Waals surface area contributed by atoms with Crippen LogP contribution in [0.3, 0.4) is 0 Å². The summed E-state index contributed by atoms with van der Waals surface area (Å²) in [6, 6.07) is 6.37. The second kappa shape index (κ2) is 6.32. The van der Waals surface area contributed by atoms with Gasteiger partial charge in [0.25, 0.3) is 10.0 Å². The van der Waals surface area contributed by atoms with Crippen molar-refractivity contribution in [2.45, 2.75) is 23.9 Å². The topological polar surface area (TPSA) is 78.8 Å². The molecule has 0 spiro atoms. The number of piperidine rings is 1. The van der Waals surface area contributed by atoms with E-state index in [2.05, 4.69) is 4.40 Å². The first-order chi connectivity index (χ1) is 11.7. The van der Waals surface area contributed by atoms with Gasteiger partial charge in [-0.05, 0) is 25.0 Å². The highest BCUT2D eigenvalue weighted by atomic mass is 32.2. The van der Waals surface area contributed by atoms with Gasteiger partial charge in [0.2, 0.25) is 5.91 Å². The van der Waals surface area contributed by atoms with Crippen molar-refractivity contribution in [3.8, 4) is 0 Å². The SMILES string of the molecule is O=C(NCC(F)(F)F)[C@H]1CCCN(C2=NS(=O)(=O)c3ccccc32)C1. The van der Waals surface area contributed by atoms with Crippen molar-refractivity contribution < 1.29 is 26.4 Å². The van der Waals surface area contributed by atoms with Crippen LogP contribution in [0.2, 0.25) is 0 Å². The lowest BCUT2D eigenvalue weighted by Crippen LogP contribution is -2.47. The number of rotatable bonds is 2. The van der Waals surface area contributed by atoms with E-state index in [1.807, 2.05) is 5.32 Å². The number of halogens is 3. The molecule has 0 bridgehead atoms. The molecule has 25 heavy (non-hydrogen) atoms. The van der Waals surface area contributed by atoms with Gasteiger partial charge in [-0.2, -0.15) is 21.6 Å². The largest absolute Gasteiger partial charge is 0.405 e. The Hall–Kier alpha value is -2.10. The van der Waals surface area contributed by atoms with Crippen molar-refractivity contribution in [3.63, 3.8) is 0 Å². The van der Waals surface area contributed by atoms with E-state index in [-0.39, 0.29) is 17.3 Å². The Labute approximate surface area is 142 Å². The van der Waals surface area contributed by atoms with Gasteiger partial charge in [-0.25, -0.2) is 0 Å². The van der Waals surface area contributed by atoms with Gasteiger partial charge in [-0.3, -0.25) is 4.79 Å². The fourth-order valence-corrected chi connectivity index (χ4v) is 4.26. The number of hydrogen-bond donors (Lipinski definition) is 1. The second-order valence-corrected chi connectivity index (χ2v) is 7.58. The third-order valence-corrected chi connectivity index (χ3v) is 5.49. The van der Waals surface area contributed by atoms with Crippen LogP contribution >= 0.6 is 0 Å². The summed E-state index contributed by atoms with van der Waals surface area (Å²) >= 11 is 0. The van der Waals surface area contributed by atoms with Crippen molar-refractivity contribution in [1.29, 1.82) is 0 Å². The third kappa shape index (κ3) is 3.78. The van der Waals surface area contributed by atoms with Crippen LogP contribution in [0.1, 0.15) is 18.4 Å². The number of carbonyl (C=O) groups excluding carboxylic acids is 1. The lowest BCUT2D eigenvalue weighted by molar-refractivity contribution is -0.141. The number of amidine groups is 1. The van der Waals surface area contributed by atoms with Crippen LogP contribution in [0.4, 0.5) is 13.2 Å². The summed E-state index contributed by atoms with van der Waals surface area (Å²) in [6.07, 6.45) is -3.46. The van der Waals surface area contributed by atoms with E-state index in [4.69, 9.17) is 0 Å². The molecule has 1 aromatic carbocycles. The van der Waals surface area contributed by atoms with Crippen LogP contribution in [0.5, 0.6) is 0 Å². The van der Waals surface area contributed by atoms with Crippen molar-refractivity contribution in [3.05, 3.63) is 29.8 Å². The number of alkyl halides is 3. The van der Waals surface area contributed by atoms with E-state index < -0.39 is 34.6 Å². The summed E-state index contributed by atoms with van der Waals surface area (Å²) in [7, 11) is -3.77. The summed E-state index contributed by atoms with van der Waals surface area (Å²) < 4.78 is 64.8. The fraction of sp³-hybridized carbons (Fsp3) is 0.467. The number of benzene rings is 1. The Balaban J connectivity index is 1.76. The zero-order valence-electron chi connectivity index (χ0n) is 13.1. The first-order valence-corrected chi connectivity index (χ1v) is 9.15. The standard InChI is InChI=1S/C15H16F3N3O3S/c16-15(17,18)9-19-14(22)10-4-3-7-21(8-10)13-11-5-1-2-6-12(11)25(23,24)20-13/h1-2,5-6,10H,3-4,7-9H2,(H,19,22)/t10-/m0/s1. The van der Waals surface area contributed by atoms with Gasteiger partial charge in [-0.1, -0.05) is 12.1 Å². The fourth-order valence-electron chi connectivity index (χ4n) is 3.03. The molecule has 136 valence electrons. The number of nitrogens with zero attached hydrogens (tertiary/aromatic N) is 2. The summed E-state index contributed by atoms with van der Waals surface area (Å²) in [5.74, 6) is -1.07. The Bertz CT molecular complexity index is 821. The molecule has 2 heterocycles. The second-order valence-electron chi connectivity index (χ2n) is 6.00. The molecule has 1 N–H and O–H groups in total. The monoisotopic (exact) mass is 375 g/mol. The number of likely N-dealkylation sites (tertiary alicyclic amines) is 1. The molecular weight excluding hydrogens is 359 g/mol. The number of hydrogen-bond acceptors (Lipinski definition) is 4. The van der Waals surface area contributed by atoms with Gasteiger partial charge in [0, 0.05) is 18.7 Å². The van der Waals surface area contributed by atoms with Crippen LogP contribution < -0.4 is 5.32 Å². The average molecular weight is 375 g/mol. The molecule has 2 aliphatic rings. The molecule has 0 saturated carbocycles. The van der Waals surface area contributed by atoms with Gasteiger partial charge in [0.1, 0.15) is 11.4 Å². The van der Waals surface area contributed by atoms with Crippen molar-refractivity contribution in [2.24, 2.45) is 10.3 Å². The summed E-state index contributed by atoms with van der Waals surface area (Å²) in [5.41, 5.74) is 0.457. The molecule has 10 heteroatoms. The number of sulfonamides is 1. The van der Waals surface area contributed by atoms with Crippen molar-refractivity contribution in [1.82, 2.24) is 10.2 Å². The molecule has 1 amide bonds. The van der Waals surface area contributed by atoms with Gasteiger partial charge in [0.15, 0.2) is 5.84 Å². The maximum atomic E-state index is 12.2. The maximum absolute atomic E-state index is 12.2. The first-order valence-electron chi connectivity index (χ1n) is 7.71. The minimum Gasteiger partial charge on any atom is -0.355 e. The van der Waals surface area contributed by atoms with E-state index in [1.54, 1.807) is 23.1 Å². The molecule has 0 unspecified atom stereocenters. The molecule has 0 aromatic heterocycles.